The summed E-state index contributed by atoms with van der Waals surface area (Å²) in [7, 11) is -0.630. The van der Waals surface area contributed by atoms with Gasteiger partial charge in [0.25, 0.3) is 10.0 Å². The van der Waals surface area contributed by atoms with Crippen molar-refractivity contribution in [1.29, 1.82) is 0 Å². The number of anilines is 1. The number of nitrogens with zero attached hydrogens (tertiary/aromatic N) is 1. The maximum absolute atomic E-state index is 13.5. The highest BCUT2D eigenvalue weighted by Crippen LogP contribution is 2.31. The van der Waals surface area contributed by atoms with Crippen LogP contribution in [0.5, 0.6) is 11.5 Å². The Hall–Kier alpha value is -2.99. The van der Waals surface area contributed by atoms with E-state index in [9.17, 15) is 8.42 Å². The van der Waals surface area contributed by atoms with E-state index in [1.807, 2.05) is 30.3 Å². The standard InChI is InChI=1S/C24H27NO4S/c1-18(2)20-11-13-21(14-12-20)25(30(26,27)22-8-6-5-7-9-22)17-19-10-15-23(28-3)24(16-19)29-4/h5-16,18H,17H2,1-4H3. The molecule has 0 aliphatic carbocycles. The quantitative estimate of drug-likeness (QED) is 0.496. The highest BCUT2D eigenvalue weighted by molar-refractivity contribution is 7.92. The van der Waals surface area contributed by atoms with Crippen LogP contribution in [-0.4, -0.2) is 22.6 Å². The van der Waals surface area contributed by atoms with Gasteiger partial charge in [0.2, 0.25) is 0 Å². The molecule has 0 bridgehead atoms. The first-order valence-electron chi connectivity index (χ1n) is 9.75. The van der Waals surface area contributed by atoms with Crippen LogP contribution in [0.4, 0.5) is 5.69 Å². The minimum absolute atomic E-state index is 0.165. The molecule has 6 heteroatoms. The number of methoxy groups -OCH3 is 2. The zero-order chi connectivity index (χ0) is 21.7. The van der Waals surface area contributed by atoms with Crippen molar-refractivity contribution >= 4 is 15.7 Å². The predicted octanol–water partition coefficient (Wildman–Crippen LogP) is 5.22. The summed E-state index contributed by atoms with van der Waals surface area (Å²) in [6.07, 6.45) is 0. The maximum Gasteiger partial charge on any atom is 0.264 e. The second kappa shape index (κ2) is 9.22. The maximum atomic E-state index is 13.5. The zero-order valence-electron chi connectivity index (χ0n) is 17.7. The molecule has 3 aromatic rings. The second-order valence-electron chi connectivity index (χ2n) is 7.26. The molecule has 158 valence electrons. The van der Waals surface area contributed by atoms with Gasteiger partial charge in [-0.1, -0.05) is 50.2 Å². The van der Waals surface area contributed by atoms with Gasteiger partial charge >= 0.3 is 0 Å². The summed E-state index contributed by atoms with van der Waals surface area (Å²) in [5, 5.41) is 0. The van der Waals surface area contributed by atoms with Gasteiger partial charge in [0.1, 0.15) is 0 Å². The lowest BCUT2D eigenvalue weighted by Gasteiger charge is -2.25. The smallest absolute Gasteiger partial charge is 0.264 e. The number of ether oxygens (including phenoxy) is 2. The number of rotatable bonds is 8. The molecule has 0 aliphatic heterocycles. The van der Waals surface area contributed by atoms with E-state index in [2.05, 4.69) is 13.8 Å². The summed E-state index contributed by atoms with van der Waals surface area (Å²) in [6.45, 7) is 4.38. The second-order valence-corrected chi connectivity index (χ2v) is 9.12. The average Bonchev–Trinajstić information content (AvgIpc) is 2.77. The van der Waals surface area contributed by atoms with Crippen LogP contribution in [0.15, 0.2) is 77.7 Å². The predicted molar refractivity (Wildman–Crippen MR) is 120 cm³/mol. The first kappa shape index (κ1) is 21.7. The van der Waals surface area contributed by atoms with E-state index in [1.165, 1.54) is 4.31 Å². The third-order valence-corrected chi connectivity index (χ3v) is 6.74. The van der Waals surface area contributed by atoms with Crippen LogP contribution in [0.2, 0.25) is 0 Å². The summed E-state index contributed by atoms with van der Waals surface area (Å²) >= 11 is 0. The molecule has 0 saturated carbocycles. The van der Waals surface area contributed by atoms with E-state index in [1.54, 1.807) is 56.7 Å². The van der Waals surface area contributed by atoms with Crippen molar-refractivity contribution in [1.82, 2.24) is 0 Å². The third kappa shape index (κ3) is 4.60. The molecule has 5 nitrogen and oxygen atoms in total. The first-order chi connectivity index (χ1) is 14.4. The van der Waals surface area contributed by atoms with Gasteiger partial charge in [-0.15, -0.1) is 0 Å². The van der Waals surface area contributed by atoms with Gasteiger partial charge in [0.05, 0.1) is 31.3 Å². The third-order valence-electron chi connectivity index (χ3n) is 4.95. The van der Waals surface area contributed by atoms with E-state index >= 15 is 0 Å². The number of hydrogen-bond donors (Lipinski definition) is 0. The molecule has 0 spiro atoms. The molecule has 0 heterocycles. The first-order valence-corrected chi connectivity index (χ1v) is 11.2. The lowest BCUT2D eigenvalue weighted by Crippen LogP contribution is -2.30. The van der Waals surface area contributed by atoms with Gasteiger partial charge in [-0.25, -0.2) is 8.42 Å². The van der Waals surface area contributed by atoms with Crippen LogP contribution in [0.1, 0.15) is 30.9 Å². The normalized spacial score (nSPS) is 11.4. The minimum Gasteiger partial charge on any atom is -0.493 e. The summed E-state index contributed by atoms with van der Waals surface area (Å²) in [5.74, 6) is 1.52. The Kier molecular flexibility index (Phi) is 6.67. The molecule has 0 amide bonds. The zero-order valence-corrected chi connectivity index (χ0v) is 18.5. The Balaban J connectivity index is 2.06. The number of benzene rings is 3. The van der Waals surface area contributed by atoms with Crippen molar-refractivity contribution in [3.05, 3.63) is 83.9 Å². The van der Waals surface area contributed by atoms with Crippen LogP contribution in [0, 0.1) is 0 Å². The Bertz CT molecular complexity index is 1080. The summed E-state index contributed by atoms with van der Waals surface area (Å²) < 4.78 is 39.1. The summed E-state index contributed by atoms with van der Waals surface area (Å²) in [6, 6.07) is 21.6. The van der Waals surface area contributed by atoms with Crippen molar-refractivity contribution < 1.29 is 17.9 Å². The van der Waals surface area contributed by atoms with Crippen LogP contribution < -0.4 is 13.8 Å². The SMILES string of the molecule is COc1ccc(CN(c2ccc(C(C)C)cc2)S(=O)(=O)c2ccccc2)cc1OC. The van der Waals surface area contributed by atoms with Crippen LogP contribution in [-0.2, 0) is 16.6 Å². The minimum atomic E-state index is -3.76. The van der Waals surface area contributed by atoms with E-state index in [0.717, 1.165) is 11.1 Å². The number of sulfonamides is 1. The molecule has 0 fully saturated rings. The van der Waals surface area contributed by atoms with Crippen molar-refractivity contribution in [3.63, 3.8) is 0 Å². The van der Waals surface area contributed by atoms with Crippen molar-refractivity contribution in [2.75, 3.05) is 18.5 Å². The molecule has 0 aliphatic rings. The lowest BCUT2D eigenvalue weighted by atomic mass is 10.0. The van der Waals surface area contributed by atoms with E-state index in [4.69, 9.17) is 9.47 Å². The number of hydrogen-bond acceptors (Lipinski definition) is 4. The molecule has 0 atom stereocenters. The Morgan fingerprint density at radius 1 is 0.833 bits per heavy atom. The fourth-order valence-corrected chi connectivity index (χ4v) is 4.68. The van der Waals surface area contributed by atoms with E-state index in [0.29, 0.717) is 23.1 Å². The van der Waals surface area contributed by atoms with E-state index < -0.39 is 10.0 Å². The summed E-state index contributed by atoms with van der Waals surface area (Å²) in [5.41, 5.74) is 2.56. The van der Waals surface area contributed by atoms with Crippen LogP contribution in [0.3, 0.4) is 0 Å². The van der Waals surface area contributed by atoms with Gasteiger partial charge < -0.3 is 9.47 Å². The largest absolute Gasteiger partial charge is 0.493 e. The average molecular weight is 426 g/mol. The van der Waals surface area contributed by atoms with Crippen molar-refractivity contribution in [2.45, 2.75) is 31.2 Å². The van der Waals surface area contributed by atoms with Crippen molar-refractivity contribution in [2.24, 2.45) is 0 Å². The molecule has 0 unspecified atom stereocenters. The van der Waals surface area contributed by atoms with E-state index in [-0.39, 0.29) is 11.4 Å². The lowest BCUT2D eigenvalue weighted by molar-refractivity contribution is 0.354. The summed E-state index contributed by atoms with van der Waals surface area (Å²) in [4.78, 5) is 0.249. The molecule has 0 saturated heterocycles. The van der Waals surface area contributed by atoms with Gasteiger partial charge in [-0.3, -0.25) is 4.31 Å². The molecular weight excluding hydrogens is 398 g/mol. The van der Waals surface area contributed by atoms with Gasteiger partial charge in [-0.2, -0.15) is 0 Å². The topological polar surface area (TPSA) is 55.8 Å². The fraction of sp³-hybridized carbons (Fsp3) is 0.250. The highest BCUT2D eigenvalue weighted by Gasteiger charge is 2.25. The molecule has 0 aromatic heterocycles. The highest BCUT2D eigenvalue weighted by atomic mass is 32.2. The van der Waals surface area contributed by atoms with Gasteiger partial charge in [-0.05, 0) is 53.4 Å². The molecular formula is C24H27NO4S. The molecule has 0 N–H and O–H groups in total. The molecule has 30 heavy (non-hydrogen) atoms. The molecule has 0 radical (unpaired) electrons. The Labute approximate surface area is 178 Å². The molecule has 3 aromatic carbocycles. The van der Waals surface area contributed by atoms with Gasteiger partial charge in [0.15, 0.2) is 11.5 Å². The Morgan fingerprint density at radius 3 is 2.03 bits per heavy atom. The monoisotopic (exact) mass is 425 g/mol. The van der Waals surface area contributed by atoms with Crippen molar-refractivity contribution in [3.8, 4) is 11.5 Å². The van der Waals surface area contributed by atoms with Gasteiger partial charge in [0, 0.05) is 0 Å². The molecule has 3 rings (SSSR count). The van der Waals surface area contributed by atoms with Crippen LogP contribution in [0.25, 0.3) is 0 Å². The van der Waals surface area contributed by atoms with Crippen LogP contribution >= 0.6 is 0 Å². The fourth-order valence-electron chi connectivity index (χ4n) is 3.21. The Morgan fingerprint density at radius 2 is 1.47 bits per heavy atom.